The molecule has 0 heterocycles. The quantitative estimate of drug-likeness (QED) is 0.0262. The Labute approximate surface area is 421 Å². The van der Waals surface area contributed by atoms with Gasteiger partial charge in [-0.3, -0.25) is 14.4 Å². The van der Waals surface area contributed by atoms with Gasteiger partial charge in [-0.1, -0.05) is 281 Å². The zero-order valence-corrected chi connectivity index (χ0v) is 45.1. The van der Waals surface area contributed by atoms with Crippen LogP contribution >= 0.6 is 0 Å². The second kappa shape index (κ2) is 56.7. The van der Waals surface area contributed by atoms with Gasteiger partial charge < -0.3 is 14.2 Å². The van der Waals surface area contributed by atoms with Gasteiger partial charge in [0.2, 0.25) is 0 Å². The fourth-order valence-electron chi connectivity index (χ4n) is 8.42. The second-order valence-corrected chi connectivity index (χ2v) is 19.5. The number of rotatable bonds is 53. The number of hydrogen-bond donors (Lipinski definition) is 0. The second-order valence-electron chi connectivity index (χ2n) is 19.5. The summed E-state index contributed by atoms with van der Waals surface area (Å²) in [5, 5.41) is 0. The third-order valence-corrected chi connectivity index (χ3v) is 12.8. The van der Waals surface area contributed by atoms with Crippen molar-refractivity contribution in [1.29, 1.82) is 0 Å². The van der Waals surface area contributed by atoms with Crippen molar-refractivity contribution in [3.8, 4) is 0 Å². The minimum atomic E-state index is -0.800. The molecule has 0 aliphatic rings. The van der Waals surface area contributed by atoms with Gasteiger partial charge in [-0.05, 0) is 57.8 Å². The number of unbranched alkanes of at least 4 members (excludes halogenated alkanes) is 32. The van der Waals surface area contributed by atoms with E-state index in [2.05, 4.69) is 81.5 Å². The molecule has 1 unspecified atom stereocenters. The molecule has 6 heteroatoms. The first-order valence-corrected chi connectivity index (χ1v) is 29.3. The first-order chi connectivity index (χ1) is 33.5. The van der Waals surface area contributed by atoms with Gasteiger partial charge in [-0.15, -0.1) is 0 Å². The molecule has 0 aromatic heterocycles. The lowest BCUT2D eigenvalue weighted by Gasteiger charge is -2.18. The number of carbonyl (C=O) groups excluding carboxylic acids is 3. The van der Waals surface area contributed by atoms with Crippen LogP contribution in [0.5, 0.6) is 0 Å². The maximum absolute atomic E-state index is 12.8. The molecule has 0 saturated carbocycles. The van der Waals surface area contributed by atoms with Crippen molar-refractivity contribution in [3.63, 3.8) is 0 Å². The van der Waals surface area contributed by atoms with Gasteiger partial charge in [0.05, 0.1) is 0 Å². The molecule has 0 N–H and O–H groups in total. The maximum atomic E-state index is 12.8. The summed E-state index contributed by atoms with van der Waals surface area (Å²) in [7, 11) is 0. The molecule has 0 rings (SSSR count). The summed E-state index contributed by atoms with van der Waals surface area (Å²) in [6.07, 6.45) is 70.9. The summed E-state index contributed by atoms with van der Waals surface area (Å²) >= 11 is 0. The molecule has 0 bridgehead atoms. The first-order valence-electron chi connectivity index (χ1n) is 29.3. The molecule has 0 aromatic rings. The summed E-state index contributed by atoms with van der Waals surface area (Å²) in [6.45, 7) is 6.51. The van der Waals surface area contributed by atoms with E-state index >= 15 is 0 Å². The lowest BCUT2D eigenvalue weighted by molar-refractivity contribution is -0.167. The van der Waals surface area contributed by atoms with Crippen LogP contribution in [0.25, 0.3) is 0 Å². The molecule has 0 aliphatic carbocycles. The Hall–Kier alpha value is -2.89. The van der Waals surface area contributed by atoms with Crippen molar-refractivity contribution >= 4 is 17.9 Å². The largest absolute Gasteiger partial charge is 0.462 e. The zero-order valence-electron chi connectivity index (χ0n) is 45.1. The van der Waals surface area contributed by atoms with Crippen molar-refractivity contribution in [2.75, 3.05) is 13.2 Å². The molecule has 0 aromatic carbocycles. The van der Waals surface area contributed by atoms with E-state index in [1.807, 2.05) is 0 Å². The predicted octanol–water partition coefficient (Wildman–Crippen LogP) is 19.6. The fourth-order valence-corrected chi connectivity index (χ4v) is 8.42. The molecule has 0 amide bonds. The highest BCUT2D eigenvalue weighted by Crippen LogP contribution is 2.17. The summed E-state index contributed by atoms with van der Waals surface area (Å²) in [4.78, 5) is 38.1. The SMILES string of the molecule is CC/C=C\C/C=C\C/C=C\C/C=C\C/C=C\CCCC(=O)OC(COC(=O)CCCCCCCCCCCCC)COC(=O)CCCCCCCCCCCCCCCCCCCCCCCC. The van der Waals surface area contributed by atoms with E-state index in [4.69, 9.17) is 14.2 Å². The van der Waals surface area contributed by atoms with Gasteiger partial charge in [-0.25, -0.2) is 0 Å². The lowest BCUT2D eigenvalue weighted by atomic mass is 10.0. The zero-order chi connectivity index (χ0) is 49.3. The van der Waals surface area contributed by atoms with Crippen molar-refractivity contribution in [3.05, 3.63) is 60.8 Å². The predicted molar refractivity (Wildman–Crippen MR) is 293 cm³/mol. The first kappa shape index (κ1) is 65.1. The van der Waals surface area contributed by atoms with Crippen LogP contribution in [0.3, 0.4) is 0 Å². The minimum Gasteiger partial charge on any atom is -0.462 e. The van der Waals surface area contributed by atoms with Crippen LogP contribution in [0.1, 0.15) is 297 Å². The number of esters is 3. The monoisotopic (exact) mass is 951 g/mol. The van der Waals surface area contributed by atoms with Gasteiger partial charge in [0.1, 0.15) is 13.2 Å². The van der Waals surface area contributed by atoms with E-state index in [0.29, 0.717) is 19.3 Å². The van der Waals surface area contributed by atoms with Crippen molar-refractivity contribution in [2.45, 2.75) is 303 Å². The molecular weight excluding hydrogens is 841 g/mol. The molecular formula is C62H110O6. The lowest BCUT2D eigenvalue weighted by Crippen LogP contribution is -2.30. The molecule has 1 atom stereocenters. The number of hydrogen-bond acceptors (Lipinski definition) is 6. The molecule has 0 saturated heterocycles. The number of carbonyl (C=O) groups is 3. The molecule has 0 radical (unpaired) electrons. The van der Waals surface area contributed by atoms with Gasteiger partial charge in [-0.2, -0.15) is 0 Å². The minimum absolute atomic E-state index is 0.0929. The van der Waals surface area contributed by atoms with Crippen molar-refractivity contribution < 1.29 is 28.6 Å². The third-order valence-electron chi connectivity index (χ3n) is 12.8. The van der Waals surface area contributed by atoms with Crippen LogP contribution in [0, 0.1) is 0 Å². The van der Waals surface area contributed by atoms with Gasteiger partial charge in [0.15, 0.2) is 6.10 Å². The summed E-state index contributed by atoms with van der Waals surface area (Å²) in [5.41, 5.74) is 0. The summed E-state index contributed by atoms with van der Waals surface area (Å²) in [5.74, 6) is -0.939. The van der Waals surface area contributed by atoms with Crippen LogP contribution in [0.4, 0.5) is 0 Å². The van der Waals surface area contributed by atoms with E-state index in [1.165, 1.54) is 173 Å². The van der Waals surface area contributed by atoms with E-state index in [1.54, 1.807) is 0 Å². The average molecular weight is 952 g/mol. The molecule has 0 spiro atoms. The van der Waals surface area contributed by atoms with Gasteiger partial charge >= 0.3 is 17.9 Å². The Morgan fingerprint density at radius 3 is 0.882 bits per heavy atom. The Balaban J connectivity index is 4.33. The third kappa shape index (κ3) is 54.1. The number of ether oxygens (including phenoxy) is 3. The smallest absolute Gasteiger partial charge is 0.306 e. The molecule has 6 nitrogen and oxygen atoms in total. The summed E-state index contributed by atoms with van der Waals surface area (Å²) < 4.78 is 16.8. The standard InChI is InChI=1S/C62H110O6/c1-4-7-10-13-16-19-22-24-26-28-29-30-31-32-34-35-37-40-43-46-49-52-55-61(64)67-58-59(57-66-60(63)54-51-48-45-42-39-21-18-15-12-9-6-3)68-62(65)56-53-50-47-44-41-38-36-33-27-25-23-20-17-14-11-8-5-2/h8,11,17,20,25,27,36,38,44,47,59H,4-7,9-10,12-16,18-19,21-24,26,28-35,37,39-43,45-46,48-58H2,1-3H3/b11-8-,20-17-,27-25-,38-36-,47-44-. The Morgan fingerprint density at radius 2 is 0.574 bits per heavy atom. The normalized spacial score (nSPS) is 12.5. The fraction of sp³-hybridized carbons (Fsp3) is 0.790. The van der Waals surface area contributed by atoms with Crippen molar-refractivity contribution in [2.24, 2.45) is 0 Å². The van der Waals surface area contributed by atoms with Crippen LogP contribution < -0.4 is 0 Å². The highest BCUT2D eigenvalue weighted by molar-refractivity contribution is 5.71. The summed E-state index contributed by atoms with van der Waals surface area (Å²) in [6, 6.07) is 0. The molecule has 68 heavy (non-hydrogen) atoms. The molecule has 0 fully saturated rings. The van der Waals surface area contributed by atoms with E-state index in [9.17, 15) is 14.4 Å². The average Bonchev–Trinajstić information content (AvgIpc) is 3.34. The van der Waals surface area contributed by atoms with Crippen LogP contribution in [-0.2, 0) is 28.6 Å². The van der Waals surface area contributed by atoms with Crippen LogP contribution in [-0.4, -0.2) is 37.2 Å². The van der Waals surface area contributed by atoms with Crippen molar-refractivity contribution in [1.82, 2.24) is 0 Å². The van der Waals surface area contributed by atoms with Crippen LogP contribution in [0.2, 0.25) is 0 Å². The van der Waals surface area contributed by atoms with E-state index < -0.39 is 6.10 Å². The topological polar surface area (TPSA) is 78.9 Å². The number of allylic oxidation sites excluding steroid dienone is 10. The molecule has 394 valence electrons. The highest BCUT2D eigenvalue weighted by Gasteiger charge is 2.19. The highest BCUT2D eigenvalue weighted by atomic mass is 16.6. The van der Waals surface area contributed by atoms with E-state index in [0.717, 1.165) is 77.0 Å². The Kier molecular flexibility index (Phi) is 54.3. The Bertz CT molecular complexity index is 1230. The molecule has 0 aliphatic heterocycles. The van der Waals surface area contributed by atoms with Gasteiger partial charge in [0.25, 0.3) is 0 Å². The van der Waals surface area contributed by atoms with E-state index in [-0.39, 0.29) is 37.5 Å². The van der Waals surface area contributed by atoms with Crippen LogP contribution in [0.15, 0.2) is 60.8 Å². The maximum Gasteiger partial charge on any atom is 0.306 e. The van der Waals surface area contributed by atoms with Gasteiger partial charge in [0, 0.05) is 19.3 Å². The Morgan fingerprint density at radius 1 is 0.309 bits per heavy atom.